The van der Waals surface area contributed by atoms with Gasteiger partial charge in [0.1, 0.15) is 17.7 Å². The van der Waals surface area contributed by atoms with Crippen molar-refractivity contribution in [2.75, 3.05) is 13.2 Å². The van der Waals surface area contributed by atoms with E-state index in [1.807, 2.05) is 44.2 Å². The summed E-state index contributed by atoms with van der Waals surface area (Å²) in [5.41, 5.74) is 4.98. The first-order valence-electron chi connectivity index (χ1n) is 14.7. The van der Waals surface area contributed by atoms with E-state index in [1.54, 1.807) is 0 Å². The zero-order chi connectivity index (χ0) is 31.1. The van der Waals surface area contributed by atoms with Gasteiger partial charge < -0.3 is 30.7 Å². The van der Waals surface area contributed by atoms with Crippen molar-refractivity contribution >= 4 is 23.1 Å². The maximum Gasteiger partial charge on any atom is 0.249 e. The molecule has 10 heteroatoms. The van der Waals surface area contributed by atoms with Gasteiger partial charge in [0, 0.05) is 46.8 Å². The van der Waals surface area contributed by atoms with Crippen LogP contribution in [0.4, 0.5) is 8.78 Å². The second-order valence-corrected chi connectivity index (χ2v) is 12.7. The summed E-state index contributed by atoms with van der Waals surface area (Å²) in [5, 5.41) is 23.4. The average Bonchev–Trinajstić information content (AvgIpc) is 3.24. The molecule has 5 atom stereocenters. The minimum atomic E-state index is -1.93. The molecule has 3 aliphatic rings. The molecule has 5 rings (SSSR count). The number of hydrogen-bond donors (Lipinski definition) is 4. The van der Waals surface area contributed by atoms with E-state index in [9.17, 15) is 15.0 Å². The summed E-state index contributed by atoms with van der Waals surface area (Å²) in [5.74, 6) is -2.00. The van der Waals surface area contributed by atoms with Crippen molar-refractivity contribution in [3.8, 4) is 5.75 Å². The summed E-state index contributed by atoms with van der Waals surface area (Å²) in [6, 6.07) is 10.9. The van der Waals surface area contributed by atoms with Crippen molar-refractivity contribution in [1.82, 2.24) is 5.32 Å². The fraction of sp³-hybridized carbons (Fsp3) is 0.485. The minimum absolute atomic E-state index is 0.0204. The second-order valence-electron chi connectivity index (χ2n) is 12.3. The van der Waals surface area contributed by atoms with Crippen LogP contribution >= 0.6 is 11.6 Å². The molecule has 5 N–H and O–H groups in total. The maximum absolute atomic E-state index is 16.4. The smallest absolute Gasteiger partial charge is 0.249 e. The van der Waals surface area contributed by atoms with Gasteiger partial charge in [-0.1, -0.05) is 61.0 Å². The lowest BCUT2D eigenvalue weighted by molar-refractivity contribution is -0.114. The number of aliphatic hydroxyl groups excluding tert-OH is 1. The van der Waals surface area contributed by atoms with Crippen LogP contribution in [0.2, 0.25) is 5.02 Å². The van der Waals surface area contributed by atoms with Crippen molar-refractivity contribution in [1.29, 1.82) is 0 Å². The van der Waals surface area contributed by atoms with Gasteiger partial charge in [0.2, 0.25) is 5.91 Å². The van der Waals surface area contributed by atoms with Crippen LogP contribution in [-0.2, 0) is 15.1 Å². The highest BCUT2D eigenvalue weighted by atomic mass is 35.5. The number of ether oxygens (including phenoxy) is 2. The summed E-state index contributed by atoms with van der Waals surface area (Å²) < 4.78 is 44.2. The third kappa shape index (κ3) is 6.11. The molecular weight excluding hydrogens is 578 g/mol. The SMILES string of the molecule is C[C@H](O)CO[C@H]1C=CC(C(N)=O)=C(c2c(Cl)c(F)cc3c2[C@H](C)[C@@](CN[C@H]2CC[C@](C)(O)CC2)(c2ccccc2)O3)C1F. The molecular formula is C33H39ClF2N2O5. The number of benzene rings is 2. The summed E-state index contributed by atoms with van der Waals surface area (Å²) >= 11 is 6.62. The number of primary amides is 1. The molecule has 0 aromatic heterocycles. The lowest BCUT2D eigenvalue weighted by atomic mass is 9.75. The van der Waals surface area contributed by atoms with Gasteiger partial charge >= 0.3 is 0 Å². The van der Waals surface area contributed by atoms with Gasteiger partial charge in [-0.15, -0.1) is 0 Å². The number of nitrogens with two attached hydrogens (primary N) is 1. The molecule has 2 aromatic carbocycles. The quantitative estimate of drug-likeness (QED) is 0.313. The van der Waals surface area contributed by atoms with Crippen LogP contribution in [0.15, 0.2) is 54.1 Å². The van der Waals surface area contributed by atoms with Crippen molar-refractivity contribution in [3.63, 3.8) is 0 Å². The molecule has 1 heterocycles. The Balaban J connectivity index is 1.60. The van der Waals surface area contributed by atoms with Gasteiger partial charge in [0.05, 0.1) is 23.3 Å². The predicted octanol–water partition coefficient (Wildman–Crippen LogP) is 5.07. The number of aliphatic hydroxyl groups is 2. The molecule has 1 unspecified atom stereocenters. The number of amides is 1. The molecule has 0 saturated heterocycles. The fourth-order valence-electron chi connectivity index (χ4n) is 6.54. The van der Waals surface area contributed by atoms with Crippen LogP contribution in [-0.4, -0.2) is 59.3 Å². The molecule has 43 heavy (non-hydrogen) atoms. The third-order valence-corrected chi connectivity index (χ3v) is 9.37. The van der Waals surface area contributed by atoms with Crippen LogP contribution in [0.3, 0.4) is 0 Å². The van der Waals surface area contributed by atoms with E-state index in [0.29, 0.717) is 24.9 Å². The van der Waals surface area contributed by atoms with Crippen LogP contribution in [0, 0.1) is 5.82 Å². The van der Waals surface area contributed by atoms with E-state index in [0.717, 1.165) is 18.4 Å². The molecule has 7 nitrogen and oxygen atoms in total. The molecule has 0 bridgehead atoms. The first-order valence-corrected chi connectivity index (χ1v) is 15.1. The van der Waals surface area contributed by atoms with E-state index in [2.05, 4.69) is 5.32 Å². The van der Waals surface area contributed by atoms with Gasteiger partial charge in [-0.2, -0.15) is 0 Å². The van der Waals surface area contributed by atoms with Crippen LogP contribution in [0.25, 0.3) is 5.57 Å². The maximum atomic E-state index is 16.4. The van der Waals surface area contributed by atoms with Crippen molar-refractivity contribution in [2.45, 2.75) is 88.0 Å². The molecule has 1 fully saturated rings. The number of hydrogen-bond acceptors (Lipinski definition) is 6. The van der Waals surface area contributed by atoms with Crippen LogP contribution < -0.4 is 15.8 Å². The summed E-state index contributed by atoms with van der Waals surface area (Å²) in [6.45, 7) is 5.47. The number of carbonyl (C=O) groups is 1. The third-order valence-electron chi connectivity index (χ3n) is 9.00. The van der Waals surface area contributed by atoms with Gasteiger partial charge in [0.25, 0.3) is 0 Å². The second kappa shape index (κ2) is 12.3. The zero-order valence-corrected chi connectivity index (χ0v) is 25.3. The van der Waals surface area contributed by atoms with Crippen LogP contribution in [0.1, 0.15) is 69.1 Å². The highest BCUT2D eigenvalue weighted by Crippen LogP contribution is 2.55. The Morgan fingerprint density at radius 2 is 1.95 bits per heavy atom. The molecule has 1 amide bonds. The van der Waals surface area contributed by atoms with Crippen molar-refractivity contribution < 1.29 is 33.3 Å². The lowest BCUT2D eigenvalue weighted by Gasteiger charge is -2.38. The Hall–Kier alpha value is -2.82. The number of halogens is 3. The van der Waals surface area contributed by atoms with Gasteiger partial charge in [0.15, 0.2) is 11.8 Å². The molecule has 232 valence electrons. The first kappa shape index (κ1) is 31.6. The molecule has 0 radical (unpaired) electrons. The summed E-state index contributed by atoms with van der Waals surface area (Å²) in [4.78, 5) is 12.6. The normalized spacial score (nSPS) is 31.1. The highest BCUT2D eigenvalue weighted by Gasteiger charge is 2.51. The summed E-state index contributed by atoms with van der Waals surface area (Å²) in [7, 11) is 0. The summed E-state index contributed by atoms with van der Waals surface area (Å²) in [6.07, 6.45) is 1.67. The monoisotopic (exact) mass is 616 g/mol. The van der Waals surface area contributed by atoms with Gasteiger partial charge in [-0.05, 0) is 45.1 Å². The molecule has 2 aliphatic carbocycles. The Bertz CT molecular complexity index is 1420. The van der Waals surface area contributed by atoms with Crippen LogP contribution in [0.5, 0.6) is 5.75 Å². The first-order chi connectivity index (χ1) is 20.3. The zero-order valence-electron chi connectivity index (χ0n) is 24.6. The number of carbonyl (C=O) groups excluding carboxylic acids is 1. The Morgan fingerprint density at radius 1 is 1.28 bits per heavy atom. The number of fused-ring (bicyclic) bond motifs is 1. The van der Waals surface area contributed by atoms with E-state index in [4.69, 9.17) is 26.8 Å². The van der Waals surface area contributed by atoms with Crippen molar-refractivity contribution in [2.24, 2.45) is 5.73 Å². The predicted molar refractivity (Wildman–Crippen MR) is 161 cm³/mol. The van der Waals surface area contributed by atoms with Gasteiger partial charge in [-0.3, -0.25) is 4.79 Å². The average molecular weight is 617 g/mol. The molecule has 1 aliphatic heterocycles. The topological polar surface area (TPSA) is 114 Å². The molecule has 0 spiro atoms. The standard InChI is InChI=1S/C33H39ClF2N2O5/c1-18(39)16-42-24-10-9-22(31(37)40)27(30(24)36)28-26-19(2)33(20-7-5-4-6-8-20,43-25(26)15-23(35)29(28)34)17-38-21-11-13-32(3,41)14-12-21/h4-10,15,18-19,21,24,30,38-39,41H,11-14,16-17H2,1-3H3,(H2,37,40)/t18-,19-,21-,24-,30?,32-,33-/m0/s1. The number of alkyl halides is 1. The molecule has 2 aromatic rings. The Morgan fingerprint density at radius 3 is 2.58 bits per heavy atom. The van der Waals surface area contributed by atoms with Crippen molar-refractivity contribution in [3.05, 3.63) is 81.7 Å². The van der Waals surface area contributed by atoms with E-state index < -0.39 is 47.2 Å². The highest BCUT2D eigenvalue weighted by molar-refractivity contribution is 6.33. The largest absolute Gasteiger partial charge is 0.480 e. The van der Waals surface area contributed by atoms with E-state index in [-0.39, 0.29) is 40.1 Å². The number of rotatable bonds is 9. The Kier molecular flexibility index (Phi) is 9.03. The molecule has 1 saturated carbocycles. The minimum Gasteiger partial charge on any atom is -0.480 e. The van der Waals surface area contributed by atoms with E-state index in [1.165, 1.54) is 25.1 Å². The van der Waals surface area contributed by atoms with E-state index >= 15 is 8.78 Å². The Labute approximate surface area is 255 Å². The fourth-order valence-corrected chi connectivity index (χ4v) is 6.80. The van der Waals surface area contributed by atoms with Gasteiger partial charge in [-0.25, -0.2) is 8.78 Å². The number of nitrogens with one attached hydrogen (secondary N) is 1. The lowest BCUT2D eigenvalue weighted by Crippen LogP contribution is -2.49.